The van der Waals surface area contributed by atoms with Crippen LogP contribution in [0.2, 0.25) is 0 Å². The molecule has 0 bridgehead atoms. The van der Waals surface area contributed by atoms with Crippen LogP contribution in [-0.4, -0.2) is 63.3 Å². The topological polar surface area (TPSA) is 76.4 Å². The summed E-state index contributed by atoms with van der Waals surface area (Å²) in [5.74, 6) is 1.25. The summed E-state index contributed by atoms with van der Waals surface area (Å²) >= 11 is 3.45. The van der Waals surface area contributed by atoms with Gasteiger partial charge in [-0.05, 0) is 54.6 Å². The Morgan fingerprint density at radius 3 is 2.50 bits per heavy atom. The van der Waals surface area contributed by atoms with Crippen molar-refractivity contribution in [3.8, 4) is 11.4 Å². The van der Waals surface area contributed by atoms with Gasteiger partial charge in [0.2, 0.25) is 5.95 Å². The Balaban J connectivity index is 1.47. The maximum atomic E-state index is 13.2. The molecule has 0 aliphatic carbocycles. The number of hydrogen-bond acceptors (Lipinski definition) is 6. The monoisotopic (exact) mass is 470 g/mol. The summed E-state index contributed by atoms with van der Waals surface area (Å²) in [6, 6.07) is 15.3. The number of carbonyl (C=O) groups excluding carboxylic acids is 1. The molecular weight excluding hydrogens is 448 g/mol. The quantitative estimate of drug-likeness (QED) is 0.569. The molecule has 1 fully saturated rings. The van der Waals surface area contributed by atoms with Crippen molar-refractivity contribution >= 4 is 27.8 Å². The van der Waals surface area contributed by atoms with E-state index in [4.69, 9.17) is 4.74 Å². The fourth-order valence-corrected chi connectivity index (χ4v) is 3.76. The van der Waals surface area contributed by atoms with Crippen molar-refractivity contribution < 1.29 is 9.53 Å². The fourth-order valence-electron chi connectivity index (χ4n) is 3.42. The van der Waals surface area contributed by atoms with Crippen LogP contribution in [0.5, 0.6) is 5.75 Å². The van der Waals surface area contributed by atoms with Gasteiger partial charge in [-0.25, -0.2) is 0 Å². The molecule has 1 aliphatic heterocycles. The van der Waals surface area contributed by atoms with Crippen LogP contribution in [0.15, 0.2) is 53.0 Å². The molecule has 8 nitrogen and oxygen atoms in total. The van der Waals surface area contributed by atoms with Gasteiger partial charge in [0.05, 0.1) is 17.4 Å². The fraction of sp³-hybridized carbons (Fsp3) is 0.333. The molecule has 1 aliphatic rings. The average Bonchev–Trinajstić information content (AvgIpc) is 3.24. The number of nitrogens with zero attached hydrogens (tertiary/aromatic N) is 6. The molecule has 2 aromatic carbocycles. The van der Waals surface area contributed by atoms with Crippen LogP contribution in [0, 0.1) is 0 Å². The smallest absolute Gasteiger partial charge is 0.257 e. The number of halogens is 1. The van der Waals surface area contributed by atoms with Crippen LogP contribution in [-0.2, 0) is 0 Å². The van der Waals surface area contributed by atoms with Gasteiger partial charge in [-0.1, -0.05) is 39.2 Å². The molecule has 1 aromatic heterocycles. The lowest BCUT2D eigenvalue weighted by Gasteiger charge is -2.35. The summed E-state index contributed by atoms with van der Waals surface area (Å²) in [5, 5.41) is 12.2. The van der Waals surface area contributed by atoms with Crippen molar-refractivity contribution in [1.82, 2.24) is 25.1 Å². The molecule has 0 radical (unpaired) electrons. The standard InChI is InChI=1S/C21H23BrN6O2/c1-15(2)30-19-14-16(22)8-9-18(19)20(29)26-10-12-27(13-11-26)21-23-24-25-28(21)17-6-4-3-5-7-17/h3-9,14-15H,10-13H2,1-2H3. The third kappa shape index (κ3) is 4.30. The largest absolute Gasteiger partial charge is 0.490 e. The number of anilines is 1. The lowest BCUT2D eigenvalue weighted by Crippen LogP contribution is -2.49. The molecule has 30 heavy (non-hydrogen) atoms. The minimum atomic E-state index is -0.0274. The number of hydrogen-bond donors (Lipinski definition) is 0. The molecule has 3 aromatic rings. The summed E-state index contributed by atoms with van der Waals surface area (Å²) in [4.78, 5) is 17.1. The number of rotatable bonds is 5. The zero-order chi connectivity index (χ0) is 21.1. The number of ether oxygens (including phenoxy) is 1. The van der Waals surface area contributed by atoms with E-state index in [-0.39, 0.29) is 12.0 Å². The Labute approximate surface area is 183 Å². The second-order valence-electron chi connectivity index (χ2n) is 7.31. The van der Waals surface area contributed by atoms with Gasteiger partial charge in [0.25, 0.3) is 5.91 Å². The van der Waals surface area contributed by atoms with Crippen molar-refractivity contribution in [3.63, 3.8) is 0 Å². The molecule has 0 unspecified atom stereocenters. The Morgan fingerprint density at radius 2 is 1.80 bits per heavy atom. The highest BCUT2D eigenvalue weighted by Crippen LogP contribution is 2.27. The number of tetrazole rings is 1. The van der Waals surface area contributed by atoms with Gasteiger partial charge in [-0.2, -0.15) is 4.68 Å². The van der Waals surface area contributed by atoms with E-state index >= 15 is 0 Å². The average molecular weight is 471 g/mol. The van der Waals surface area contributed by atoms with E-state index in [1.54, 1.807) is 4.68 Å². The molecule has 1 saturated heterocycles. The first-order chi connectivity index (χ1) is 14.5. The van der Waals surface area contributed by atoms with Crippen LogP contribution >= 0.6 is 15.9 Å². The molecule has 4 rings (SSSR count). The van der Waals surface area contributed by atoms with Gasteiger partial charge in [-0.3, -0.25) is 4.79 Å². The lowest BCUT2D eigenvalue weighted by atomic mass is 10.1. The molecule has 156 valence electrons. The molecule has 0 spiro atoms. The van der Waals surface area contributed by atoms with E-state index in [0.717, 1.165) is 10.2 Å². The van der Waals surface area contributed by atoms with Crippen LogP contribution in [0.3, 0.4) is 0 Å². The molecule has 1 amide bonds. The van der Waals surface area contributed by atoms with Gasteiger partial charge in [0.15, 0.2) is 0 Å². The molecule has 9 heteroatoms. The zero-order valence-electron chi connectivity index (χ0n) is 16.9. The second-order valence-corrected chi connectivity index (χ2v) is 8.23. The number of aromatic nitrogens is 4. The normalized spacial score (nSPS) is 14.3. The van der Waals surface area contributed by atoms with E-state index in [1.807, 2.05) is 67.3 Å². The molecule has 0 atom stereocenters. The Bertz CT molecular complexity index is 1020. The van der Waals surface area contributed by atoms with Crippen LogP contribution < -0.4 is 9.64 Å². The summed E-state index contributed by atoms with van der Waals surface area (Å²) in [5.41, 5.74) is 1.48. The van der Waals surface area contributed by atoms with Crippen molar-refractivity contribution in [2.45, 2.75) is 20.0 Å². The summed E-state index contributed by atoms with van der Waals surface area (Å²) in [7, 11) is 0. The van der Waals surface area contributed by atoms with E-state index in [1.165, 1.54) is 0 Å². The minimum Gasteiger partial charge on any atom is -0.490 e. The number of benzene rings is 2. The third-order valence-corrected chi connectivity index (χ3v) is 5.33. The predicted octanol–water partition coefficient (Wildman–Crippen LogP) is 3.17. The van der Waals surface area contributed by atoms with Crippen LogP contribution in [0.1, 0.15) is 24.2 Å². The van der Waals surface area contributed by atoms with Gasteiger partial charge < -0.3 is 14.5 Å². The van der Waals surface area contributed by atoms with Gasteiger partial charge in [0.1, 0.15) is 5.75 Å². The number of amides is 1. The van der Waals surface area contributed by atoms with E-state index < -0.39 is 0 Å². The number of piperazine rings is 1. The third-order valence-electron chi connectivity index (χ3n) is 4.84. The van der Waals surface area contributed by atoms with Gasteiger partial charge in [0, 0.05) is 30.7 Å². The first-order valence-electron chi connectivity index (χ1n) is 9.87. The molecular formula is C21H23BrN6O2. The van der Waals surface area contributed by atoms with E-state index in [0.29, 0.717) is 43.4 Å². The Kier molecular flexibility index (Phi) is 5.98. The highest BCUT2D eigenvalue weighted by atomic mass is 79.9. The summed E-state index contributed by atoms with van der Waals surface area (Å²) < 4.78 is 8.47. The zero-order valence-corrected chi connectivity index (χ0v) is 18.5. The number of carbonyl (C=O) groups is 1. The SMILES string of the molecule is CC(C)Oc1cc(Br)ccc1C(=O)N1CCN(c2nnnn2-c2ccccc2)CC1. The van der Waals surface area contributed by atoms with E-state index in [2.05, 4.69) is 36.4 Å². The highest BCUT2D eigenvalue weighted by Gasteiger charge is 2.27. The Hall–Kier alpha value is -2.94. The lowest BCUT2D eigenvalue weighted by molar-refractivity contribution is 0.0740. The van der Waals surface area contributed by atoms with Crippen LogP contribution in [0.25, 0.3) is 5.69 Å². The van der Waals surface area contributed by atoms with Crippen molar-refractivity contribution in [2.75, 3.05) is 31.1 Å². The molecule has 0 saturated carbocycles. The first-order valence-corrected chi connectivity index (χ1v) is 10.7. The maximum absolute atomic E-state index is 13.2. The molecule has 2 heterocycles. The van der Waals surface area contributed by atoms with Crippen molar-refractivity contribution in [2.24, 2.45) is 0 Å². The van der Waals surface area contributed by atoms with Crippen molar-refractivity contribution in [1.29, 1.82) is 0 Å². The Morgan fingerprint density at radius 1 is 1.07 bits per heavy atom. The van der Waals surface area contributed by atoms with Crippen LogP contribution in [0.4, 0.5) is 5.95 Å². The van der Waals surface area contributed by atoms with Crippen molar-refractivity contribution in [3.05, 3.63) is 58.6 Å². The van der Waals surface area contributed by atoms with Gasteiger partial charge >= 0.3 is 0 Å². The minimum absolute atomic E-state index is 0.0143. The summed E-state index contributed by atoms with van der Waals surface area (Å²) in [6.07, 6.45) is -0.0143. The highest BCUT2D eigenvalue weighted by molar-refractivity contribution is 9.10. The predicted molar refractivity (Wildman–Crippen MR) is 117 cm³/mol. The summed E-state index contributed by atoms with van der Waals surface area (Å²) in [6.45, 7) is 6.36. The molecule has 0 N–H and O–H groups in total. The van der Waals surface area contributed by atoms with Gasteiger partial charge in [-0.15, -0.1) is 0 Å². The second kappa shape index (κ2) is 8.83. The number of para-hydroxylation sites is 1. The maximum Gasteiger partial charge on any atom is 0.257 e. The first kappa shape index (κ1) is 20.3. The van der Waals surface area contributed by atoms with E-state index in [9.17, 15) is 4.79 Å².